The lowest BCUT2D eigenvalue weighted by Gasteiger charge is -2.31. The Morgan fingerprint density at radius 1 is 1.21 bits per heavy atom. The molecule has 0 aromatic carbocycles. The largest absolute Gasteiger partial charge is 0.387 e. The summed E-state index contributed by atoms with van der Waals surface area (Å²) in [5.41, 5.74) is 1.32. The third kappa shape index (κ3) is 2.79. The van der Waals surface area contributed by atoms with E-state index >= 15 is 0 Å². The molecule has 0 radical (unpaired) electrons. The first-order chi connectivity index (χ1) is 9.05. The van der Waals surface area contributed by atoms with E-state index in [-0.39, 0.29) is 11.5 Å². The Balaban J connectivity index is 1.85. The first-order valence-corrected chi connectivity index (χ1v) is 8.29. The first kappa shape index (κ1) is 13.4. The van der Waals surface area contributed by atoms with Gasteiger partial charge >= 0.3 is 0 Å². The van der Waals surface area contributed by atoms with E-state index in [2.05, 4.69) is 18.7 Å². The van der Waals surface area contributed by atoms with E-state index in [9.17, 15) is 5.11 Å². The smallest absolute Gasteiger partial charge is 0.185 e. The second-order valence-corrected chi connectivity index (χ2v) is 7.78. The number of nitrogens with zero attached hydrogens (tertiary/aromatic N) is 2. The minimum atomic E-state index is -0.308. The Labute approximate surface area is 119 Å². The van der Waals surface area contributed by atoms with Crippen LogP contribution in [0.2, 0.25) is 0 Å². The molecule has 1 unspecified atom stereocenters. The average molecular weight is 280 g/mol. The summed E-state index contributed by atoms with van der Waals surface area (Å²) in [6.07, 6.45) is 6.80. The molecule has 0 amide bonds. The molecule has 0 bridgehead atoms. The monoisotopic (exact) mass is 280 g/mol. The zero-order chi connectivity index (χ0) is 13.5. The van der Waals surface area contributed by atoms with E-state index in [4.69, 9.17) is 4.98 Å². The number of hydrogen-bond acceptors (Lipinski definition) is 4. The van der Waals surface area contributed by atoms with E-state index in [1.165, 1.54) is 25.7 Å². The van der Waals surface area contributed by atoms with Crippen LogP contribution in [0.4, 0.5) is 5.13 Å². The standard InChI is InChI=1S/C15H24N2OS/c1-15(2)9-11-13(12(18)10-15)19-14(16-11)17-7-5-3-4-6-8-17/h12,18H,3-10H2,1-2H3. The Morgan fingerprint density at radius 2 is 1.89 bits per heavy atom. The molecule has 1 N–H and O–H groups in total. The van der Waals surface area contributed by atoms with Crippen LogP contribution in [0, 0.1) is 5.41 Å². The maximum Gasteiger partial charge on any atom is 0.185 e. The molecule has 0 spiro atoms. The summed E-state index contributed by atoms with van der Waals surface area (Å²) in [6, 6.07) is 0. The summed E-state index contributed by atoms with van der Waals surface area (Å²) < 4.78 is 0. The van der Waals surface area contributed by atoms with Crippen molar-refractivity contribution in [3.63, 3.8) is 0 Å². The van der Waals surface area contributed by atoms with Crippen molar-refractivity contribution in [2.24, 2.45) is 5.41 Å². The van der Waals surface area contributed by atoms with Gasteiger partial charge in [0.05, 0.1) is 16.7 Å². The molecule has 1 saturated heterocycles. The van der Waals surface area contributed by atoms with Crippen molar-refractivity contribution in [1.29, 1.82) is 0 Å². The fourth-order valence-electron chi connectivity index (χ4n) is 3.28. The van der Waals surface area contributed by atoms with Crippen LogP contribution in [0.5, 0.6) is 0 Å². The quantitative estimate of drug-likeness (QED) is 0.855. The molecule has 1 aliphatic heterocycles. The molecule has 1 aromatic heterocycles. The fourth-order valence-corrected chi connectivity index (χ4v) is 4.40. The Kier molecular flexibility index (Phi) is 3.56. The van der Waals surface area contributed by atoms with Crippen molar-refractivity contribution in [2.45, 2.75) is 58.5 Å². The van der Waals surface area contributed by atoms with E-state index in [0.29, 0.717) is 0 Å². The van der Waals surface area contributed by atoms with E-state index in [0.717, 1.165) is 41.6 Å². The lowest BCUT2D eigenvalue weighted by atomic mass is 9.77. The van der Waals surface area contributed by atoms with Crippen molar-refractivity contribution >= 4 is 16.5 Å². The highest BCUT2D eigenvalue weighted by Gasteiger charge is 2.34. The molecule has 1 aromatic rings. The number of aromatic nitrogens is 1. The topological polar surface area (TPSA) is 36.4 Å². The second-order valence-electron chi connectivity index (χ2n) is 6.77. The predicted molar refractivity (Wildman–Crippen MR) is 79.9 cm³/mol. The number of rotatable bonds is 1. The van der Waals surface area contributed by atoms with Gasteiger partial charge in [0.15, 0.2) is 5.13 Å². The summed E-state index contributed by atoms with van der Waals surface area (Å²) in [5.74, 6) is 0. The van der Waals surface area contributed by atoms with Gasteiger partial charge in [0.2, 0.25) is 0 Å². The Morgan fingerprint density at radius 3 is 2.58 bits per heavy atom. The number of anilines is 1. The molecular weight excluding hydrogens is 256 g/mol. The van der Waals surface area contributed by atoms with Crippen LogP contribution >= 0.6 is 11.3 Å². The van der Waals surface area contributed by atoms with Crippen LogP contribution < -0.4 is 4.90 Å². The minimum Gasteiger partial charge on any atom is -0.387 e. The van der Waals surface area contributed by atoms with Crippen molar-refractivity contribution < 1.29 is 5.11 Å². The molecule has 1 aliphatic carbocycles. The van der Waals surface area contributed by atoms with Gasteiger partial charge in [0, 0.05) is 13.1 Å². The van der Waals surface area contributed by atoms with E-state index in [1.807, 2.05) is 0 Å². The highest BCUT2D eigenvalue weighted by molar-refractivity contribution is 7.15. The first-order valence-electron chi connectivity index (χ1n) is 7.48. The minimum absolute atomic E-state index is 0.177. The van der Waals surface area contributed by atoms with Crippen LogP contribution in [-0.4, -0.2) is 23.2 Å². The lowest BCUT2D eigenvalue weighted by molar-refractivity contribution is 0.102. The van der Waals surface area contributed by atoms with Crippen LogP contribution in [-0.2, 0) is 6.42 Å². The molecule has 2 heterocycles. The van der Waals surface area contributed by atoms with Crippen LogP contribution in [0.15, 0.2) is 0 Å². The van der Waals surface area contributed by atoms with Gasteiger partial charge < -0.3 is 10.0 Å². The van der Waals surface area contributed by atoms with E-state index in [1.54, 1.807) is 11.3 Å². The number of aliphatic hydroxyl groups is 1. The van der Waals surface area contributed by atoms with Crippen LogP contribution in [0.3, 0.4) is 0 Å². The van der Waals surface area contributed by atoms with E-state index < -0.39 is 0 Å². The Hall–Kier alpha value is -0.610. The zero-order valence-electron chi connectivity index (χ0n) is 12.0. The van der Waals surface area contributed by atoms with Gasteiger partial charge in [-0.3, -0.25) is 0 Å². The summed E-state index contributed by atoms with van der Waals surface area (Å²) >= 11 is 1.72. The van der Waals surface area contributed by atoms with Crippen LogP contribution in [0.25, 0.3) is 0 Å². The van der Waals surface area contributed by atoms with Gasteiger partial charge in [0.25, 0.3) is 0 Å². The van der Waals surface area contributed by atoms with Crippen molar-refractivity contribution in [1.82, 2.24) is 4.98 Å². The third-order valence-corrected chi connectivity index (χ3v) is 5.55. The van der Waals surface area contributed by atoms with Gasteiger partial charge in [0.1, 0.15) is 0 Å². The summed E-state index contributed by atoms with van der Waals surface area (Å²) in [7, 11) is 0. The molecule has 1 fully saturated rings. The number of aliphatic hydroxyl groups excluding tert-OH is 1. The molecule has 19 heavy (non-hydrogen) atoms. The molecule has 2 aliphatic rings. The number of hydrogen-bond donors (Lipinski definition) is 1. The Bertz CT molecular complexity index is 447. The second kappa shape index (κ2) is 5.06. The number of thiazole rings is 1. The number of fused-ring (bicyclic) bond motifs is 1. The zero-order valence-corrected chi connectivity index (χ0v) is 12.8. The SMILES string of the molecule is CC1(C)Cc2nc(N3CCCCCC3)sc2C(O)C1. The van der Waals surface area contributed by atoms with Gasteiger partial charge in [-0.2, -0.15) is 0 Å². The third-order valence-electron chi connectivity index (χ3n) is 4.29. The normalized spacial score (nSPS) is 26.9. The highest BCUT2D eigenvalue weighted by Crippen LogP contribution is 2.44. The predicted octanol–water partition coefficient (Wildman–Crippen LogP) is 3.53. The maximum absolute atomic E-state index is 10.3. The molecular formula is C15H24N2OS. The van der Waals surface area contributed by atoms with Gasteiger partial charge in [-0.1, -0.05) is 38.0 Å². The van der Waals surface area contributed by atoms with Crippen molar-refractivity contribution in [3.05, 3.63) is 10.6 Å². The summed E-state index contributed by atoms with van der Waals surface area (Å²) in [6.45, 7) is 6.71. The summed E-state index contributed by atoms with van der Waals surface area (Å²) in [5, 5.41) is 11.5. The maximum atomic E-state index is 10.3. The molecule has 0 saturated carbocycles. The molecule has 3 rings (SSSR count). The summed E-state index contributed by atoms with van der Waals surface area (Å²) in [4.78, 5) is 8.40. The van der Waals surface area contributed by atoms with Crippen molar-refractivity contribution in [2.75, 3.05) is 18.0 Å². The molecule has 3 nitrogen and oxygen atoms in total. The van der Waals surface area contributed by atoms with Gasteiger partial charge in [-0.25, -0.2) is 4.98 Å². The molecule has 106 valence electrons. The average Bonchev–Trinajstić information content (AvgIpc) is 2.58. The fraction of sp³-hybridized carbons (Fsp3) is 0.800. The van der Waals surface area contributed by atoms with Gasteiger partial charge in [-0.15, -0.1) is 0 Å². The molecule has 1 atom stereocenters. The highest BCUT2D eigenvalue weighted by atomic mass is 32.1. The van der Waals surface area contributed by atoms with Crippen molar-refractivity contribution in [3.8, 4) is 0 Å². The molecule has 4 heteroatoms. The lowest BCUT2D eigenvalue weighted by Crippen LogP contribution is -2.25. The van der Waals surface area contributed by atoms with Crippen LogP contribution in [0.1, 0.15) is 62.6 Å². The van der Waals surface area contributed by atoms with Gasteiger partial charge in [-0.05, 0) is 31.1 Å².